The monoisotopic (exact) mass is 171 g/mol. The normalized spacial score (nSPS) is 1.20. The summed E-state index contributed by atoms with van der Waals surface area (Å²) in [5.41, 5.74) is 4.17. The predicted molar refractivity (Wildman–Crippen MR) is 35.5 cm³/mol. The number of primary amides is 1. The largest absolute Gasteiger partial charge is 0.412 e. The maximum absolute atomic E-state index is 8.58. The molecule has 0 atom stereocenters. The highest BCUT2D eigenvalue weighted by Crippen LogP contribution is 0.798. The third-order valence-electron chi connectivity index (χ3n) is 0. The van der Waals surface area contributed by atoms with Crippen LogP contribution in [0.3, 0.4) is 0 Å². The molecule has 0 unspecified atom stereocenters. The van der Waals surface area contributed by atoms with Gasteiger partial charge in [0, 0.05) is 0 Å². The van der Waals surface area contributed by atoms with Crippen molar-refractivity contribution in [1.82, 2.24) is 0 Å². The Kier molecular flexibility index (Phi) is 511000. The first-order chi connectivity index (χ1) is 1.41. The SMILES string of the molecule is NC=O.O.O.O.O.O.O.O. The first-order valence-electron chi connectivity index (χ1n) is 0.569. The number of carbonyl (C=O) groups excluding carboxylic acids is 1. The van der Waals surface area contributed by atoms with Crippen molar-refractivity contribution in [2.24, 2.45) is 5.73 Å². The van der Waals surface area contributed by atoms with Crippen molar-refractivity contribution in [3.05, 3.63) is 0 Å². The Morgan fingerprint density at radius 3 is 0.700 bits per heavy atom. The molecule has 10 heavy (non-hydrogen) atoms. The van der Waals surface area contributed by atoms with Gasteiger partial charge in [0.05, 0.1) is 0 Å². The standard InChI is InChI=1S/CH3NO.7H2O/c2-1-3;;;;;;;/h1H,(H2,2,3);7*1H2. The van der Waals surface area contributed by atoms with E-state index in [9.17, 15) is 0 Å². The fraction of sp³-hybridized carbons (Fsp3) is 0. The van der Waals surface area contributed by atoms with Crippen LogP contribution in [-0.4, -0.2) is 44.7 Å². The van der Waals surface area contributed by atoms with Crippen LogP contribution in [0.2, 0.25) is 0 Å². The molecule has 0 fully saturated rings. The lowest BCUT2D eigenvalue weighted by atomic mass is 11.5. The van der Waals surface area contributed by atoms with Gasteiger partial charge in [0.15, 0.2) is 0 Å². The van der Waals surface area contributed by atoms with Gasteiger partial charge in [-0.05, 0) is 0 Å². The van der Waals surface area contributed by atoms with Crippen LogP contribution in [0.25, 0.3) is 0 Å². The predicted octanol–water partition coefficient (Wildman–Crippen LogP) is -6.67. The van der Waals surface area contributed by atoms with Crippen molar-refractivity contribution in [3.8, 4) is 0 Å². The molecule has 0 aliphatic rings. The summed E-state index contributed by atoms with van der Waals surface area (Å²) in [6.07, 6.45) is 0.250. The van der Waals surface area contributed by atoms with E-state index < -0.39 is 0 Å². The second-order valence-electron chi connectivity index (χ2n) is 0.136. The van der Waals surface area contributed by atoms with Gasteiger partial charge in [-0.15, -0.1) is 0 Å². The highest BCUT2D eigenvalue weighted by Gasteiger charge is 1.19. The molecule has 9 nitrogen and oxygen atoms in total. The van der Waals surface area contributed by atoms with E-state index in [1.54, 1.807) is 0 Å². The highest BCUT2D eigenvalue weighted by molar-refractivity contribution is 5.42. The number of hydrogen-bond donors (Lipinski definition) is 1. The van der Waals surface area contributed by atoms with Gasteiger partial charge in [-0.3, -0.25) is 4.79 Å². The Morgan fingerprint density at radius 2 is 0.700 bits per heavy atom. The van der Waals surface area contributed by atoms with E-state index in [1.807, 2.05) is 0 Å². The van der Waals surface area contributed by atoms with Crippen LogP contribution in [0, 0.1) is 0 Å². The molecule has 1 amide bonds. The van der Waals surface area contributed by atoms with E-state index in [4.69, 9.17) is 4.79 Å². The zero-order valence-corrected chi connectivity index (χ0v) is 5.06. The Bertz CT molecular complexity index is 16.7. The first-order valence-corrected chi connectivity index (χ1v) is 0.569. The van der Waals surface area contributed by atoms with Crippen LogP contribution in [0.4, 0.5) is 0 Å². The quantitative estimate of drug-likeness (QED) is 0.342. The van der Waals surface area contributed by atoms with E-state index in [0.29, 0.717) is 0 Å². The summed E-state index contributed by atoms with van der Waals surface area (Å²) >= 11 is 0. The van der Waals surface area contributed by atoms with Gasteiger partial charge in [0.25, 0.3) is 0 Å². The van der Waals surface area contributed by atoms with Crippen molar-refractivity contribution in [2.45, 2.75) is 0 Å². The number of carbonyl (C=O) groups is 1. The van der Waals surface area contributed by atoms with Crippen molar-refractivity contribution in [1.29, 1.82) is 0 Å². The molecule has 0 bridgehead atoms. The van der Waals surface area contributed by atoms with Gasteiger partial charge in [0.1, 0.15) is 0 Å². The minimum absolute atomic E-state index is 0. The summed E-state index contributed by atoms with van der Waals surface area (Å²) in [6, 6.07) is 0. The van der Waals surface area contributed by atoms with E-state index in [-0.39, 0.29) is 44.7 Å². The Morgan fingerprint density at radius 1 is 0.700 bits per heavy atom. The van der Waals surface area contributed by atoms with Gasteiger partial charge in [-0.1, -0.05) is 0 Å². The first kappa shape index (κ1) is 435. The molecule has 0 saturated carbocycles. The summed E-state index contributed by atoms with van der Waals surface area (Å²) < 4.78 is 0. The molecule has 0 spiro atoms. The Labute approximate surface area is 56.6 Å². The zero-order chi connectivity index (χ0) is 2.71. The van der Waals surface area contributed by atoms with Gasteiger partial charge in [-0.2, -0.15) is 0 Å². The third-order valence-corrected chi connectivity index (χ3v) is 0. The minimum Gasteiger partial charge on any atom is -0.412 e. The summed E-state index contributed by atoms with van der Waals surface area (Å²) in [5, 5.41) is 0. The van der Waals surface area contributed by atoms with Crippen LogP contribution in [0.15, 0.2) is 0 Å². The molecule has 16 N–H and O–H groups in total. The molecule has 0 radical (unpaired) electrons. The maximum Gasteiger partial charge on any atom is 0.204 e. The van der Waals surface area contributed by atoms with Crippen LogP contribution in [-0.2, 0) is 4.79 Å². The minimum atomic E-state index is 0. The van der Waals surface area contributed by atoms with Crippen LogP contribution >= 0.6 is 0 Å². The molecule has 9 heteroatoms. The summed E-state index contributed by atoms with van der Waals surface area (Å²) in [4.78, 5) is 8.58. The van der Waals surface area contributed by atoms with Crippen molar-refractivity contribution in [3.63, 3.8) is 0 Å². The molecule has 0 aromatic carbocycles. The van der Waals surface area contributed by atoms with E-state index in [2.05, 4.69) is 5.73 Å². The molecule has 74 valence electrons. The van der Waals surface area contributed by atoms with E-state index in [1.165, 1.54) is 0 Å². The molecule has 0 aliphatic carbocycles. The molecule has 0 rings (SSSR count). The molecule has 0 aromatic rings. The second kappa shape index (κ2) is 11700. The van der Waals surface area contributed by atoms with Crippen molar-refractivity contribution >= 4 is 6.41 Å². The number of amides is 1. The lowest BCUT2D eigenvalue weighted by Crippen LogP contribution is -1.82. The fourth-order valence-corrected chi connectivity index (χ4v) is 0. The molecule has 0 heterocycles. The fourth-order valence-electron chi connectivity index (χ4n) is 0. The van der Waals surface area contributed by atoms with Gasteiger partial charge in [0.2, 0.25) is 6.41 Å². The van der Waals surface area contributed by atoms with Gasteiger partial charge in [-0.25, -0.2) is 0 Å². The smallest absolute Gasteiger partial charge is 0.204 e. The van der Waals surface area contributed by atoms with Crippen LogP contribution < -0.4 is 5.73 Å². The van der Waals surface area contributed by atoms with Crippen LogP contribution in [0.1, 0.15) is 0 Å². The van der Waals surface area contributed by atoms with Gasteiger partial charge < -0.3 is 44.1 Å². The van der Waals surface area contributed by atoms with Crippen molar-refractivity contribution in [2.75, 3.05) is 0 Å². The summed E-state index contributed by atoms with van der Waals surface area (Å²) in [6.45, 7) is 0. The molecule has 0 aliphatic heterocycles. The van der Waals surface area contributed by atoms with E-state index in [0.717, 1.165) is 0 Å². The Hall–Kier alpha value is -0.810. The Balaban J connectivity index is -0.000000000952. The number of hydrogen-bond acceptors (Lipinski definition) is 1. The highest BCUT2D eigenvalue weighted by atomic mass is 16.1. The van der Waals surface area contributed by atoms with Gasteiger partial charge >= 0.3 is 0 Å². The van der Waals surface area contributed by atoms with Crippen LogP contribution in [0.5, 0.6) is 0 Å². The molecular formula is CH17NO8. The number of rotatable bonds is 0. The van der Waals surface area contributed by atoms with E-state index >= 15 is 0 Å². The summed E-state index contributed by atoms with van der Waals surface area (Å²) in [5.74, 6) is 0. The summed E-state index contributed by atoms with van der Waals surface area (Å²) in [7, 11) is 0. The lowest BCUT2D eigenvalue weighted by molar-refractivity contribution is -0.106. The third kappa shape index (κ3) is 420. The maximum atomic E-state index is 8.58. The zero-order valence-electron chi connectivity index (χ0n) is 5.06. The lowest BCUT2D eigenvalue weighted by Gasteiger charge is -1.32. The molecular weight excluding hydrogens is 154 g/mol. The average molecular weight is 171 g/mol. The second-order valence-corrected chi connectivity index (χ2v) is 0.136. The molecule has 0 saturated heterocycles. The average Bonchev–Trinajstić information content (AvgIpc) is 0.918. The van der Waals surface area contributed by atoms with Crippen molar-refractivity contribution < 1.29 is 43.1 Å². The molecule has 0 aromatic heterocycles. The number of nitrogens with two attached hydrogens (primary N) is 1. The topological polar surface area (TPSA) is 264 Å².